The van der Waals surface area contributed by atoms with E-state index in [-0.39, 0.29) is 18.2 Å². The lowest BCUT2D eigenvalue weighted by atomic mass is 10.1. The molecule has 0 saturated heterocycles. The van der Waals surface area contributed by atoms with Gasteiger partial charge in [0.1, 0.15) is 17.3 Å². The van der Waals surface area contributed by atoms with E-state index in [1.54, 1.807) is 12.1 Å². The van der Waals surface area contributed by atoms with Crippen molar-refractivity contribution in [2.75, 3.05) is 6.54 Å². The van der Waals surface area contributed by atoms with Crippen LogP contribution in [-0.4, -0.2) is 6.54 Å². The zero-order valence-electron chi connectivity index (χ0n) is 13.3. The lowest BCUT2D eigenvalue weighted by molar-refractivity contribution is 0.494. The third kappa shape index (κ3) is 5.58. The molecule has 2 aromatic carbocycles. The molecule has 2 nitrogen and oxygen atoms in total. The standard InChI is InChI=1S/C19H16BrClFNO.ClH/c20-14-3-7-17(18(21)11-14)19-8-6-16(24-19)12-23-10-9-13-1-4-15(22)5-2-13;/h1-8,11,23H,9-10,12H2;1H. The minimum absolute atomic E-state index is 0. The second-order valence-electron chi connectivity index (χ2n) is 5.44. The van der Waals surface area contributed by atoms with Gasteiger partial charge in [-0.1, -0.05) is 39.7 Å². The lowest BCUT2D eigenvalue weighted by Crippen LogP contribution is -2.16. The Kier molecular flexibility index (Phi) is 7.51. The summed E-state index contributed by atoms with van der Waals surface area (Å²) in [6, 6.07) is 16.1. The van der Waals surface area contributed by atoms with Crippen molar-refractivity contribution in [1.82, 2.24) is 5.32 Å². The number of hydrogen-bond acceptors (Lipinski definition) is 2. The van der Waals surface area contributed by atoms with Crippen molar-refractivity contribution in [3.8, 4) is 11.3 Å². The summed E-state index contributed by atoms with van der Waals surface area (Å²) in [5, 5.41) is 3.97. The molecule has 0 aliphatic carbocycles. The molecule has 0 spiro atoms. The van der Waals surface area contributed by atoms with E-state index >= 15 is 0 Å². The van der Waals surface area contributed by atoms with Crippen LogP contribution in [0.2, 0.25) is 5.02 Å². The molecule has 3 rings (SSSR count). The fourth-order valence-electron chi connectivity index (χ4n) is 2.40. The maximum Gasteiger partial charge on any atom is 0.135 e. The number of hydrogen-bond donors (Lipinski definition) is 1. The van der Waals surface area contributed by atoms with E-state index < -0.39 is 0 Å². The normalized spacial score (nSPS) is 10.5. The first kappa shape index (κ1) is 20.0. The van der Waals surface area contributed by atoms with E-state index in [1.165, 1.54) is 12.1 Å². The van der Waals surface area contributed by atoms with Crippen LogP contribution in [0.3, 0.4) is 0 Å². The first-order valence-corrected chi connectivity index (χ1v) is 8.78. The van der Waals surface area contributed by atoms with Crippen LogP contribution in [0, 0.1) is 5.82 Å². The van der Waals surface area contributed by atoms with Gasteiger partial charge in [0, 0.05) is 10.0 Å². The first-order valence-electron chi connectivity index (χ1n) is 7.61. The second kappa shape index (κ2) is 9.39. The van der Waals surface area contributed by atoms with Crippen molar-refractivity contribution >= 4 is 39.9 Å². The zero-order chi connectivity index (χ0) is 16.9. The highest BCUT2D eigenvalue weighted by Gasteiger charge is 2.09. The Labute approximate surface area is 165 Å². The average molecular weight is 445 g/mol. The third-order valence-corrected chi connectivity index (χ3v) is 4.47. The van der Waals surface area contributed by atoms with Gasteiger partial charge in [-0.25, -0.2) is 4.39 Å². The van der Waals surface area contributed by atoms with Crippen LogP contribution < -0.4 is 5.32 Å². The van der Waals surface area contributed by atoms with Gasteiger partial charge in [0.15, 0.2) is 0 Å². The molecule has 0 unspecified atom stereocenters. The lowest BCUT2D eigenvalue weighted by Gasteiger charge is -2.04. The van der Waals surface area contributed by atoms with Gasteiger partial charge in [-0.05, 0) is 61.0 Å². The summed E-state index contributed by atoms with van der Waals surface area (Å²) in [7, 11) is 0. The smallest absolute Gasteiger partial charge is 0.135 e. The molecule has 1 N–H and O–H groups in total. The number of benzene rings is 2. The van der Waals surface area contributed by atoms with Crippen LogP contribution in [0.1, 0.15) is 11.3 Å². The molecular formula is C19H17BrCl2FNO. The fraction of sp³-hybridized carbons (Fsp3) is 0.158. The van der Waals surface area contributed by atoms with Crippen LogP contribution in [0.15, 0.2) is 63.5 Å². The molecule has 132 valence electrons. The number of nitrogens with one attached hydrogen (secondary N) is 1. The van der Waals surface area contributed by atoms with Gasteiger partial charge in [0.05, 0.1) is 11.6 Å². The zero-order valence-corrected chi connectivity index (χ0v) is 16.4. The Morgan fingerprint density at radius 1 is 1.04 bits per heavy atom. The fourth-order valence-corrected chi connectivity index (χ4v) is 3.17. The van der Waals surface area contributed by atoms with E-state index in [9.17, 15) is 4.39 Å². The highest BCUT2D eigenvalue weighted by atomic mass is 79.9. The van der Waals surface area contributed by atoms with E-state index in [0.29, 0.717) is 11.6 Å². The monoisotopic (exact) mass is 443 g/mol. The van der Waals surface area contributed by atoms with E-state index in [0.717, 1.165) is 40.1 Å². The minimum Gasteiger partial charge on any atom is -0.460 e. The average Bonchev–Trinajstić information content (AvgIpc) is 3.02. The van der Waals surface area contributed by atoms with Crippen LogP contribution in [0.25, 0.3) is 11.3 Å². The van der Waals surface area contributed by atoms with Gasteiger partial charge in [-0.3, -0.25) is 0 Å². The van der Waals surface area contributed by atoms with Crippen LogP contribution in [-0.2, 0) is 13.0 Å². The van der Waals surface area contributed by atoms with E-state index in [2.05, 4.69) is 21.2 Å². The molecule has 1 heterocycles. The Hall–Kier alpha value is -1.33. The summed E-state index contributed by atoms with van der Waals surface area (Å²) >= 11 is 9.64. The van der Waals surface area contributed by atoms with Crippen LogP contribution in [0.4, 0.5) is 4.39 Å². The molecule has 0 saturated carbocycles. The van der Waals surface area contributed by atoms with Gasteiger partial charge in [0.2, 0.25) is 0 Å². The highest BCUT2D eigenvalue weighted by Crippen LogP contribution is 2.31. The molecule has 6 heteroatoms. The third-order valence-electron chi connectivity index (χ3n) is 3.66. The molecule has 1 aromatic heterocycles. The van der Waals surface area contributed by atoms with Crippen molar-refractivity contribution in [2.24, 2.45) is 0 Å². The molecular weight excluding hydrogens is 428 g/mol. The first-order chi connectivity index (χ1) is 11.6. The van der Waals surface area contributed by atoms with Gasteiger partial charge >= 0.3 is 0 Å². The van der Waals surface area contributed by atoms with Crippen molar-refractivity contribution in [3.63, 3.8) is 0 Å². The second-order valence-corrected chi connectivity index (χ2v) is 6.77. The topological polar surface area (TPSA) is 25.2 Å². The van der Waals surface area contributed by atoms with Gasteiger partial charge in [0.25, 0.3) is 0 Å². The predicted octanol–water partition coefficient (Wildman–Crippen LogP) is 6.26. The summed E-state index contributed by atoms with van der Waals surface area (Å²) < 4.78 is 19.6. The molecule has 0 aliphatic rings. The Balaban J connectivity index is 0.00000225. The molecule has 3 aromatic rings. The molecule has 0 amide bonds. The SMILES string of the molecule is Cl.Fc1ccc(CCNCc2ccc(-c3ccc(Br)cc3Cl)o2)cc1. The molecule has 25 heavy (non-hydrogen) atoms. The maximum atomic E-state index is 12.8. The van der Waals surface area contributed by atoms with Crippen molar-refractivity contribution < 1.29 is 8.81 Å². The quantitative estimate of drug-likeness (QED) is 0.454. The summed E-state index contributed by atoms with van der Waals surface area (Å²) in [5.41, 5.74) is 1.98. The summed E-state index contributed by atoms with van der Waals surface area (Å²) in [6.07, 6.45) is 0.840. The molecule has 0 aliphatic heterocycles. The van der Waals surface area contributed by atoms with Gasteiger partial charge in [-0.15, -0.1) is 12.4 Å². The number of rotatable bonds is 6. The van der Waals surface area contributed by atoms with E-state index in [4.69, 9.17) is 16.0 Å². The Bertz CT molecular complexity index is 821. The molecule has 0 fully saturated rings. The Morgan fingerprint density at radius 3 is 2.52 bits per heavy atom. The minimum atomic E-state index is -0.207. The summed E-state index contributed by atoms with van der Waals surface area (Å²) in [6.45, 7) is 1.43. The highest BCUT2D eigenvalue weighted by molar-refractivity contribution is 9.10. The van der Waals surface area contributed by atoms with Crippen LogP contribution in [0.5, 0.6) is 0 Å². The van der Waals surface area contributed by atoms with Gasteiger partial charge in [-0.2, -0.15) is 0 Å². The number of furan rings is 1. The maximum absolute atomic E-state index is 12.8. The molecule has 0 bridgehead atoms. The predicted molar refractivity (Wildman–Crippen MR) is 106 cm³/mol. The largest absolute Gasteiger partial charge is 0.460 e. The van der Waals surface area contributed by atoms with Crippen LogP contribution >= 0.6 is 39.9 Å². The summed E-state index contributed by atoms with van der Waals surface area (Å²) in [5.74, 6) is 1.40. The van der Waals surface area contributed by atoms with E-state index in [1.807, 2.05) is 30.3 Å². The van der Waals surface area contributed by atoms with Gasteiger partial charge < -0.3 is 9.73 Å². The molecule has 0 radical (unpaired) electrons. The Morgan fingerprint density at radius 2 is 1.80 bits per heavy atom. The van der Waals surface area contributed by atoms with Crippen molar-refractivity contribution in [2.45, 2.75) is 13.0 Å². The number of halogens is 4. The van der Waals surface area contributed by atoms with Crippen molar-refractivity contribution in [1.29, 1.82) is 0 Å². The summed E-state index contributed by atoms with van der Waals surface area (Å²) in [4.78, 5) is 0. The van der Waals surface area contributed by atoms with Crippen molar-refractivity contribution in [3.05, 3.63) is 81.2 Å². The molecule has 0 atom stereocenters.